The molecule has 0 saturated carbocycles. The first-order valence-electron chi connectivity index (χ1n) is 6.21. The Balaban J connectivity index is 3.04. The topological polar surface area (TPSA) is 44.5 Å². The minimum Gasteiger partial charge on any atom is -0.490 e. The summed E-state index contributed by atoms with van der Waals surface area (Å²) in [5, 5.41) is 0. The van der Waals surface area contributed by atoms with Gasteiger partial charge in [-0.25, -0.2) is 0 Å². The zero-order chi connectivity index (χ0) is 14.3. The number of nitrogens with two attached hydrogens (primary N) is 1. The van der Waals surface area contributed by atoms with Gasteiger partial charge in [-0.2, -0.15) is 8.78 Å². The van der Waals surface area contributed by atoms with Gasteiger partial charge in [-0.15, -0.1) is 0 Å². The van der Waals surface area contributed by atoms with Gasteiger partial charge in [0.05, 0.1) is 6.61 Å². The van der Waals surface area contributed by atoms with Crippen LogP contribution in [0.15, 0.2) is 23.8 Å². The van der Waals surface area contributed by atoms with E-state index in [2.05, 4.69) is 4.74 Å². The van der Waals surface area contributed by atoms with Crippen molar-refractivity contribution in [3.63, 3.8) is 0 Å². The quantitative estimate of drug-likeness (QED) is 0.826. The molecule has 0 aliphatic rings. The highest BCUT2D eigenvalue weighted by molar-refractivity contribution is 5.58. The molecule has 0 aliphatic carbocycles. The second-order valence-corrected chi connectivity index (χ2v) is 3.88. The lowest BCUT2D eigenvalue weighted by Crippen LogP contribution is -2.05. The van der Waals surface area contributed by atoms with Crippen LogP contribution in [-0.2, 0) is 0 Å². The van der Waals surface area contributed by atoms with Gasteiger partial charge in [0, 0.05) is 6.54 Å². The maximum absolute atomic E-state index is 12.3. The van der Waals surface area contributed by atoms with Crippen LogP contribution < -0.4 is 15.2 Å². The van der Waals surface area contributed by atoms with Crippen molar-refractivity contribution >= 4 is 6.08 Å². The molecular formula is C14H19F2NO2. The van der Waals surface area contributed by atoms with Gasteiger partial charge in [0.25, 0.3) is 0 Å². The normalized spacial score (nSPS) is 11.8. The Kier molecular flexibility index (Phi) is 6.29. The molecule has 0 aliphatic heterocycles. The highest BCUT2D eigenvalue weighted by Crippen LogP contribution is 2.30. The van der Waals surface area contributed by atoms with E-state index in [1.54, 1.807) is 19.1 Å². The molecule has 1 aromatic carbocycles. The lowest BCUT2D eigenvalue weighted by Gasteiger charge is -2.12. The Hall–Kier alpha value is -1.62. The van der Waals surface area contributed by atoms with E-state index in [-0.39, 0.29) is 5.75 Å². The molecule has 19 heavy (non-hydrogen) atoms. The fraction of sp³-hybridized carbons (Fsp3) is 0.429. The molecule has 1 aromatic rings. The number of hydrogen-bond donors (Lipinski definition) is 1. The predicted octanol–water partition coefficient (Wildman–Crippen LogP) is 3.44. The van der Waals surface area contributed by atoms with Crippen molar-refractivity contribution in [3.8, 4) is 11.5 Å². The molecule has 0 heterocycles. The highest BCUT2D eigenvalue weighted by Gasteiger charge is 2.11. The van der Waals surface area contributed by atoms with Crippen LogP contribution in [0.2, 0.25) is 0 Å². The summed E-state index contributed by atoms with van der Waals surface area (Å²) in [6, 6.07) is 4.85. The van der Waals surface area contributed by atoms with E-state index in [0.717, 1.165) is 17.6 Å². The van der Waals surface area contributed by atoms with Crippen molar-refractivity contribution in [3.05, 3.63) is 29.3 Å². The first-order valence-corrected chi connectivity index (χ1v) is 6.21. The van der Waals surface area contributed by atoms with E-state index < -0.39 is 6.61 Å². The molecule has 3 nitrogen and oxygen atoms in total. The van der Waals surface area contributed by atoms with Gasteiger partial charge in [0.15, 0.2) is 11.5 Å². The van der Waals surface area contributed by atoms with Crippen molar-refractivity contribution < 1.29 is 18.3 Å². The van der Waals surface area contributed by atoms with E-state index in [9.17, 15) is 8.78 Å². The molecule has 0 fully saturated rings. The monoisotopic (exact) mass is 271 g/mol. The Bertz CT molecular complexity index is 427. The average molecular weight is 271 g/mol. The molecule has 0 spiro atoms. The molecule has 2 N–H and O–H groups in total. The minimum atomic E-state index is -2.86. The minimum absolute atomic E-state index is 0.0415. The standard InChI is InChI=1S/C14H19F2NO2/c1-3-10(9-17)7-11-5-6-12(19-14(15)16)13(8-11)18-4-2/h5-8,14H,3-4,9,17H2,1-2H3. The average Bonchev–Trinajstić information content (AvgIpc) is 2.38. The summed E-state index contributed by atoms with van der Waals surface area (Å²) in [6.07, 6.45) is 2.77. The largest absolute Gasteiger partial charge is 0.490 e. The molecule has 0 unspecified atom stereocenters. The Morgan fingerprint density at radius 1 is 1.32 bits per heavy atom. The molecule has 0 radical (unpaired) electrons. The van der Waals surface area contributed by atoms with Crippen LogP contribution in [0.3, 0.4) is 0 Å². The Morgan fingerprint density at radius 3 is 2.58 bits per heavy atom. The van der Waals surface area contributed by atoms with Crippen LogP contribution in [-0.4, -0.2) is 19.8 Å². The number of alkyl halides is 2. The highest BCUT2D eigenvalue weighted by atomic mass is 19.3. The number of halogens is 2. The fourth-order valence-corrected chi connectivity index (χ4v) is 1.62. The Morgan fingerprint density at radius 2 is 2.05 bits per heavy atom. The molecule has 5 heteroatoms. The van der Waals surface area contributed by atoms with Crippen LogP contribution in [0.4, 0.5) is 8.78 Å². The van der Waals surface area contributed by atoms with Crippen molar-refractivity contribution in [1.82, 2.24) is 0 Å². The van der Waals surface area contributed by atoms with Gasteiger partial charge >= 0.3 is 6.61 Å². The Labute approximate surface area is 112 Å². The van der Waals surface area contributed by atoms with E-state index in [1.807, 2.05) is 13.0 Å². The van der Waals surface area contributed by atoms with Crippen molar-refractivity contribution in [2.24, 2.45) is 5.73 Å². The molecule has 0 amide bonds. The van der Waals surface area contributed by atoms with Crippen LogP contribution in [0.25, 0.3) is 6.08 Å². The van der Waals surface area contributed by atoms with Crippen molar-refractivity contribution in [2.45, 2.75) is 26.9 Å². The maximum Gasteiger partial charge on any atom is 0.387 e. The van der Waals surface area contributed by atoms with Gasteiger partial charge < -0.3 is 15.2 Å². The first-order chi connectivity index (χ1) is 9.10. The second-order valence-electron chi connectivity index (χ2n) is 3.88. The van der Waals surface area contributed by atoms with Crippen LogP contribution in [0.1, 0.15) is 25.8 Å². The van der Waals surface area contributed by atoms with Gasteiger partial charge in [-0.05, 0) is 31.0 Å². The van der Waals surface area contributed by atoms with E-state index in [0.29, 0.717) is 18.9 Å². The maximum atomic E-state index is 12.3. The lowest BCUT2D eigenvalue weighted by molar-refractivity contribution is -0.0514. The van der Waals surface area contributed by atoms with Crippen molar-refractivity contribution in [2.75, 3.05) is 13.2 Å². The molecule has 0 atom stereocenters. The van der Waals surface area contributed by atoms with Gasteiger partial charge in [-0.1, -0.05) is 24.6 Å². The number of benzene rings is 1. The van der Waals surface area contributed by atoms with Crippen LogP contribution in [0, 0.1) is 0 Å². The molecule has 106 valence electrons. The smallest absolute Gasteiger partial charge is 0.387 e. The zero-order valence-corrected chi connectivity index (χ0v) is 11.2. The third-order valence-corrected chi connectivity index (χ3v) is 2.57. The lowest BCUT2D eigenvalue weighted by atomic mass is 10.1. The summed E-state index contributed by atoms with van der Waals surface area (Å²) in [7, 11) is 0. The van der Waals surface area contributed by atoms with E-state index >= 15 is 0 Å². The van der Waals surface area contributed by atoms with Gasteiger partial charge in [0.1, 0.15) is 0 Å². The third-order valence-electron chi connectivity index (χ3n) is 2.57. The van der Waals surface area contributed by atoms with E-state index in [1.165, 1.54) is 6.07 Å². The van der Waals surface area contributed by atoms with Crippen LogP contribution in [0.5, 0.6) is 11.5 Å². The summed E-state index contributed by atoms with van der Waals surface area (Å²) >= 11 is 0. The summed E-state index contributed by atoms with van der Waals surface area (Å²) in [5.74, 6) is 0.351. The van der Waals surface area contributed by atoms with Crippen LogP contribution >= 0.6 is 0 Å². The summed E-state index contributed by atoms with van der Waals surface area (Å²) in [4.78, 5) is 0. The second kappa shape index (κ2) is 7.74. The molecule has 0 saturated heterocycles. The van der Waals surface area contributed by atoms with Crippen molar-refractivity contribution in [1.29, 1.82) is 0 Å². The number of hydrogen-bond acceptors (Lipinski definition) is 3. The molecule has 1 rings (SSSR count). The number of rotatable bonds is 7. The first kappa shape index (κ1) is 15.4. The fourth-order valence-electron chi connectivity index (χ4n) is 1.62. The SMILES string of the molecule is CCOc1cc(C=C(CC)CN)ccc1OC(F)F. The van der Waals surface area contributed by atoms with Gasteiger partial charge in [-0.3, -0.25) is 0 Å². The predicted molar refractivity (Wildman–Crippen MR) is 71.6 cm³/mol. The number of ether oxygens (including phenoxy) is 2. The van der Waals surface area contributed by atoms with E-state index in [4.69, 9.17) is 10.5 Å². The van der Waals surface area contributed by atoms with Gasteiger partial charge in [0.2, 0.25) is 0 Å². The summed E-state index contributed by atoms with van der Waals surface area (Å²) in [5.41, 5.74) is 7.53. The molecule has 0 aromatic heterocycles. The third kappa shape index (κ3) is 4.87. The zero-order valence-electron chi connectivity index (χ0n) is 11.2. The summed E-state index contributed by atoms with van der Waals surface area (Å²) in [6.45, 7) is 1.78. The molecular weight excluding hydrogens is 252 g/mol. The summed E-state index contributed by atoms with van der Waals surface area (Å²) < 4.78 is 34.2. The molecule has 0 bridgehead atoms.